The fourth-order valence-electron chi connectivity index (χ4n) is 11.6. The van der Waals surface area contributed by atoms with Crippen molar-refractivity contribution in [2.24, 2.45) is 71.0 Å². The van der Waals surface area contributed by atoms with Gasteiger partial charge in [0, 0.05) is 0 Å². The monoisotopic (exact) mass is 527 g/mol. The summed E-state index contributed by atoms with van der Waals surface area (Å²) in [7, 11) is 0. The molecule has 0 aromatic rings. The molecule has 5 rings (SSSR count). The van der Waals surface area contributed by atoms with E-state index in [0.29, 0.717) is 0 Å². The molecule has 0 nitrogen and oxygen atoms in total. The first-order valence-corrected chi connectivity index (χ1v) is 18.5. The van der Waals surface area contributed by atoms with E-state index in [4.69, 9.17) is 0 Å². The standard InChI is InChI=1S/C24H44.C14H26/c1-5-8-11-22-17(4)15-20-10-9-12-23(20)24(22)21-14-13-18(6-2)19(7-3)16-21;1-3-12-6-4-5-7-14(12)13-9-8-11(2)10-13/h17-24H,5-16H2,1-4H3;11-14H,3-10H2,1-2H3. The molecule has 5 aliphatic rings. The highest BCUT2D eigenvalue weighted by Gasteiger charge is 2.48. The Hall–Kier alpha value is 0. The van der Waals surface area contributed by atoms with E-state index in [9.17, 15) is 0 Å². The molecule has 0 heteroatoms. The zero-order chi connectivity index (χ0) is 27.1. The minimum atomic E-state index is 1.00. The second-order valence-electron chi connectivity index (χ2n) is 15.7. The van der Waals surface area contributed by atoms with Crippen molar-refractivity contribution in [3.05, 3.63) is 0 Å². The van der Waals surface area contributed by atoms with Crippen LogP contribution in [0.1, 0.15) is 170 Å². The number of unbranched alkanes of at least 4 members (excludes halogenated alkanes) is 1. The van der Waals surface area contributed by atoms with Gasteiger partial charge in [0.2, 0.25) is 0 Å². The maximum absolute atomic E-state index is 2.62. The van der Waals surface area contributed by atoms with Gasteiger partial charge in [-0.3, -0.25) is 0 Å². The lowest BCUT2D eigenvalue weighted by atomic mass is 9.55. The molecule has 5 aliphatic carbocycles. The highest BCUT2D eigenvalue weighted by molar-refractivity contribution is 4.98. The lowest BCUT2D eigenvalue weighted by molar-refractivity contribution is -0.0149. The van der Waals surface area contributed by atoms with Gasteiger partial charge in [-0.1, -0.05) is 112 Å². The van der Waals surface area contributed by atoms with Gasteiger partial charge in [-0.15, -0.1) is 0 Å². The molecule has 5 fully saturated rings. The van der Waals surface area contributed by atoms with Crippen LogP contribution >= 0.6 is 0 Å². The maximum atomic E-state index is 2.62. The third-order valence-electron chi connectivity index (χ3n) is 13.6. The largest absolute Gasteiger partial charge is 0.0654 e. The van der Waals surface area contributed by atoms with Gasteiger partial charge >= 0.3 is 0 Å². The van der Waals surface area contributed by atoms with E-state index in [1.54, 1.807) is 64.2 Å². The third kappa shape index (κ3) is 7.44. The first kappa shape index (κ1) is 30.9. The maximum Gasteiger partial charge on any atom is -0.0324 e. The van der Waals surface area contributed by atoms with Gasteiger partial charge in [-0.2, -0.15) is 0 Å². The molecule has 12 atom stereocenters. The van der Waals surface area contributed by atoms with E-state index in [1.807, 2.05) is 0 Å². The van der Waals surface area contributed by atoms with Crippen LogP contribution in [0.25, 0.3) is 0 Å². The summed E-state index contributed by atoms with van der Waals surface area (Å²) >= 11 is 0. The van der Waals surface area contributed by atoms with Crippen molar-refractivity contribution in [3.8, 4) is 0 Å². The molecular formula is C38H70. The summed E-state index contributed by atoms with van der Waals surface area (Å²) in [6.45, 7) is 14.8. The summed E-state index contributed by atoms with van der Waals surface area (Å²) in [6, 6.07) is 0. The van der Waals surface area contributed by atoms with Gasteiger partial charge < -0.3 is 0 Å². The Labute approximate surface area is 240 Å². The molecule has 38 heavy (non-hydrogen) atoms. The molecule has 0 radical (unpaired) electrons. The van der Waals surface area contributed by atoms with Crippen molar-refractivity contribution in [1.82, 2.24) is 0 Å². The van der Waals surface area contributed by atoms with Crippen LogP contribution in [0.2, 0.25) is 0 Å². The summed E-state index contributed by atoms with van der Waals surface area (Å²) < 4.78 is 0. The van der Waals surface area contributed by atoms with Crippen molar-refractivity contribution in [2.45, 2.75) is 170 Å². The van der Waals surface area contributed by atoms with E-state index in [-0.39, 0.29) is 0 Å². The molecule has 0 amide bonds. The normalized spacial score (nSPS) is 45.3. The van der Waals surface area contributed by atoms with Crippen LogP contribution in [0.15, 0.2) is 0 Å². The van der Waals surface area contributed by atoms with Crippen LogP contribution in [-0.4, -0.2) is 0 Å². The molecule has 0 aliphatic heterocycles. The summed E-state index contributed by atoms with van der Waals surface area (Å²) in [5, 5.41) is 0. The second kappa shape index (κ2) is 15.3. The summed E-state index contributed by atoms with van der Waals surface area (Å²) in [4.78, 5) is 0. The highest BCUT2D eigenvalue weighted by Crippen LogP contribution is 2.57. The Bertz CT molecular complexity index is 650. The van der Waals surface area contributed by atoms with Crippen molar-refractivity contribution >= 4 is 0 Å². The fraction of sp³-hybridized carbons (Fsp3) is 1.00. The van der Waals surface area contributed by atoms with Gasteiger partial charge in [0.15, 0.2) is 0 Å². The van der Waals surface area contributed by atoms with Gasteiger partial charge in [-0.05, 0) is 129 Å². The molecule has 222 valence electrons. The Morgan fingerprint density at radius 1 is 0.526 bits per heavy atom. The van der Waals surface area contributed by atoms with Crippen LogP contribution in [0.5, 0.6) is 0 Å². The van der Waals surface area contributed by atoms with Crippen molar-refractivity contribution in [1.29, 1.82) is 0 Å². The van der Waals surface area contributed by atoms with Gasteiger partial charge in [-0.25, -0.2) is 0 Å². The molecular weight excluding hydrogens is 456 g/mol. The molecule has 0 bridgehead atoms. The Morgan fingerprint density at radius 3 is 1.89 bits per heavy atom. The fourth-order valence-corrected chi connectivity index (χ4v) is 11.6. The van der Waals surface area contributed by atoms with Crippen LogP contribution < -0.4 is 0 Å². The first-order chi connectivity index (χ1) is 18.5. The second-order valence-corrected chi connectivity index (χ2v) is 15.7. The van der Waals surface area contributed by atoms with Crippen LogP contribution in [0, 0.1) is 71.0 Å². The predicted molar refractivity (Wildman–Crippen MR) is 168 cm³/mol. The smallest absolute Gasteiger partial charge is 0.0324 e. The van der Waals surface area contributed by atoms with E-state index >= 15 is 0 Å². The van der Waals surface area contributed by atoms with Gasteiger partial charge in [0.1, 0.15) is 0 Å². The minimum absolute atomic E-state index is 1.00. The van der Waals surface area contributed by atoms with E-state index < -0.39 is 0 Å². The van der Waals surface area contributed by atoms with Gasteiger partial charge in [0.25, 0.3) is 0 Å². The van der Waals surface area contributed by atoms with Gasteiger partial charge in [0.05, 0.1) is 0 Å². The van der Waals surface area contributed by atoms with Crippen molar-refractivity contribution in [2.75, 3.05) is 0 Å². The Balaban J connectivity index is 0.000000204. The summed E-state index contributed by atoms with van der Waals surface area (Å²) in [6.07, 6.45) is 30.4. The number of fused-ring (bicyclic) bond motifs is 1. The molecule has 0 spiro atoms. The molecule has 0 N–H and O–H groups in total. The molecule has 5 saturated carbocycles. The summed E-state index contributed by atoms with van der Waals surface area (Å²) in [5.41, 5.74) is 0. The molecule has 0 aromatic carbocycles. The lowest BCUT2D eigenvalue weighted by Crippen LogP contribution is -2.43. The van der Waals surface area contributed by atoms with Crippen molar-refractivity contribution < 1.29 is 0 Å². The number of rotatable bonds is 8. The molecule has 0 aromatic heterocycles. The van der Waals surface area contributed by atoms with Crippen LogP contribution in [0.3, 0.4) is 0 Å². The average molecular weight is 527 g/mol. The van der Waals surface area contributed by atoms with E-state index in [2.05, 4.69) is 41.5 Å². The quantitative estimate of drug-likeness (QED) is 0.295. The predicted octanol–water partition coefficient (Wildman–Crippen LogP) is 12.4. The van der Waals surface area contributed by atoms with Crippen molar-refractivity contribution in [3.63, 3.8) is 0 Å². The highest BCUT2D eigenvalue weighted by atomic mass is 14.5. The minimum Gasteiger partial charge on any atom is -0.0654 e. The van der Waals surface area contributed by atoms with E-state index in [1.165, 1.54) is 64.2 Å². The van der Waals surface area contributed by atoms with Crippen LogP contribution in [-0.2, 0) is 0 Å². The first-order valence-electron chi connectivity index (χ1n) is 18.5. The Kier molecular flexibility index (Phi) is 12.5. The molecule has 0 heterocycles. The SMILES string of the molecule is CCC1CCCCC1C1CCC(C)C1.CCCCC1C(C)CC2CCCC2C1C1CCC(CC)C(CC)C1. The van der Waals surface area contributed by atoms with E-state index in [0.717, 1.165) is 71.0 Å². The third-order valence-corrected chi connectivity index (χ3v) is 13.6. The number of hydrogen-bond donors (Lipinski definition) is 0. The molecule has 12 unspecified atom stereocenters. The average Bonchev–Trinajstić information content (AvgIpc) is 3.60. The zero-order valence-electron chi connectivity index (χ0n) is 27.1. The Morgan fingerprint density at radius 2 is 1.21 bits per heavy atom. The summed E-state index contributed by atoms with van der Waals surface area (Å²) in [5.74, 6) is 12.9. The zero-order valence-corrected chi connectivity index (χ0v) is 27.1. The number of hydrogen-bond acceptors (Lipinski definition) is 0. The lowest BCUT2D eigenvalue weighted by Gasteiger charge is -2.51. The topological polar surface area (TPSA) is 0 Å². The van der Waals surface area contributed by atoms with Crippen LogP contribution in [0.4, 0.5) is 0 Å². The molecule has 0 saturated heterocycles.